The molecule has 3 aromatic rings. The van der Waals surface area contributed by atoms with Gasteiger partial charge < -0.3 is 4.42 Å². The lowest BCUT2D eigenvalue weighted by Crippen LogP contribution is -2.07. The molecule has 2 aromatic heterocycles. The quantitative estimate of drug-likeness (QED) is 0.432. The molecule has 3 rings (SSSR count). The first kappa shape index (κ1) is 15.6. The van der Waals surface area contributed by atoms with E-state index in [1.54, 1.807) is 12.1 Å². The number of thiophene rings is 1. The molecule has 0 saturated carbocycles. The molecule has 0 aliphatic heterocycles. The van der Waals surface area contributed by atoms with Gasteiger partial charge in [0.1, 0.15) is 0 Å². The number of nitro benzene ring substituents is 1. The fraction of sp³-hybridized carbons (Fsp3) is 0. The third kappa shape index (κ3) is 3.70. The van der Waals surface area contributed by atoms with Crippen LogP contribution in [-0.4, -0.2) is 21.0 Å². The van der Waals surface area contributed by atoms with Gasteiger partial charge in [-0.05, 0) is 23.1 Å². The van der Waals surface area contributed by atoms with Gasteiger partial charge in [-0.15, -0.1) is 16.4 Å². The molecule has 0 saturated heterocycles. The number of nitrogens with zero attached hydrogens (tertiary/aromatic N) is 3. The van der Waals surface area contributed by atoms with Crippen molar-refractivity contribution in [1.29, 1.82) is 0 Å². The summed E-state index contributed by atoms with van der Waals surface area (Å²) in [5.74, 6) is -0.161. The van der Waals surface area contributed by atoms with Gasteiger partial charge in [0.2, 0.25) is 0 Å². The van der Waals surface area contributed by atoms with E-state index in [4.69, 9.17) is 4.42 Å². The fourth-order valence-electron chi connectivity index (χ4n) is 1.83. The van der Waals surface area contributed by atoms with Gasteiger partial charge in [0.15, 0.2) is 0 Å². The number of hydrogen-bond donors (Lipinski definition) is 1. The number of hydrogen-bond acceptors (Lipinski definition) is 7. The van der Waals surface area contributed by atoms with Gasteiger partial charge >= 0.3 is 6.01 Å². The van der Waals surface area contributed by atoms with E-state index in [0.29, 0.717) is 11.5 Å². The lowest BCUT2D eigenvalue weighted by Gasteiger charge is -1.95. The summed E-state index contributed by atoms with van der Waals surface area (Å²) >= 11 is 1.44. The average molecular weight is 342 g/mol. The molecule has 0 bridgehead atoms. The van der Waals surface area contributed by atoms with Crippen molar-refractivity contribution >= 4 is 35.0 Å². The van der Waals surface area contributed by atoms with Crippen LogP contribution in [0.2, 0.25) is 0 Å². The van der Waals surface area contributed by atoms with E-state index in [0.717, 1.165) is 4.88 Å². The fourth-order valence-corrected chi connectivity index (χ4v) is 2.48. The highest BCUT2D eigenvalue weighted by Gasteiger charge is 2.10. The molecule has 2 heterocycles. The summed E-state index contributed by atoms with van der Waals surface area (Å²) in [6.45, 7) is 0. The Balaban J connectivity index is 1.65. The van der Waals surface area contributed by atoms with Crippen LogP contribution in [0.25, 0.3) is 16.8 Å². The van der Waals surface area contributed by atoms with E-state index in [9.17, 15) is 14.9 Å². The van der Waals surface area contributed by atoms with E-state index in [1.165, 1.54) is 35.6 Å². The van der Waals surface area contributed by atoms with Crippen molar-refractivity contribution in [3.8, 4) is 10.8 Å². The Kier molecular flexibility index (Phi) is 4.43. The number of carbonyl (C=O) groups is 1. The number of rotatable bonds is 5. The van der Waals surface area contributed by atoms with Crippen LogP contribution in [-0.2, 0) is 4.79 Å². The maximum absolute atomic E-state index is 11.8. The summed E-state index contributed by atoms with van der Waals surface area (Å²) in [6.07, 6.45) is 2.69. The van der Waals surface area contributed by atoms with Crippen molar-refractivity contribution in [1.82, 2.24) is 10.2 Å². The maximum Gasteiger partial charge on any atom is 0.322 e. The number of carbonyl (C=O) groups excluding carboxylic acids is 1. The SMILES string of the molecule is O=C(/C=C/c1cccc([N+](=O)[O-])c1)Nc1nnc(-c2cccs2)o1. The van der Waals surface area contributed by atoms with Crippen LogP contribution in [0.4, 0.5) is 11.7 Å². The minimum absolute atomic E-state index is 0.0212. The third-order valence-corrected chi connectivity index (χ3v) is 3.75. The van der Waals surface area contributed by atoms with Crippen LogP contribution in [0.3, 0.4) is 0 Å². The number of nitrogens with one attached hydrogen (secondary N) is 1. The molecule has 9 heteroatoms. The van der Waals surface area contributed by atoms with Crippen molar-refractivity contribution in [3.63, 3.8) is 0 Å². The Morgan fingerprint density at radius 1 is 1.29 bits per heavy atom. The summed E-state index contributed by atoms with van der Waals surface area (Å²) in [5.41, 5.74) is 0.485. The summed E-state index contributed by atoms with van der Waals surface area (Å²) in [4.78, 5) is 22.9. The van der Waals surface area contributed by atoms with Crippen LogP contribution in [0.15, 0.2) is 52.3 Å². The monoisotopic (exact) mass is 342 g/mol. The Morgan fingerprint density at radius 2 is 2.17 bits per heavy atom. The minimum atomic E-state index is -0.498. The molecular weight excluding hydrogens is 332 g/mol. The van der Waals surface area contributed by atoms with Gasteiger partial charge in [-0.25, -0.2) is 0 Å². The Hall–Kier alpha value is -3.33. The molecule has 1 aromatic carbocycles. The molecule has 0 radical (unpaired) electrons. The number of aromatic nitrogens is 2. The molecule has 24 heavy (non-hydrogen) atoms. The van der Waals surface area contributed by atoms with Gasteiger partial charge in [-0.3, -0.25) is 20.2 Å². The van der Waals surface area contributed by atoms with E-state index >= 15 is 0 Å². The molecule has 0 atom stereocenters. The number of non-ortho nitro benzene ring substituents is 1. The van der Waals surface area contributed by atoms with Crippen LogP contribution in [0, 0.1) is 10.1 Å². The Labute approximate surface area is 139 Å². The van der Waals surface area contributed by atoms with E-state index < -0.39 is 10.8 Å². The standard InChI is InChI=1S/C15H10N4O4S/c20-13(7-6-10-3-1-4-11(9-10)19(21)22)16-15-18-17-14(23-15)12-5-2-8-24-12/h1-9H,(H,16,18,20)/b7-6+. The van der Waals surface area contributed by atoms with E-state index in [2.05, 4.69) is 15.5 Å². The molecule has 0 unspecified atom stereocenters. The topological polar surface area (TPSA) is 111 Å². The van der Waals surface area contributed by atoms with Crippen molar-refractivity contribution < 1.29 is 14.1 Å². The largest absolute Gasteiger partial charge is 0.402 e. The molecule has 1 N–H and O–H groups in total. The summed E-state index contributed by atoms with van der Waals surface area (Å²) in [7, 11) is 0. The molecule has 0 aliphatic carbocycles. The van der Waals surface area contributed by atoms with Gasteiger partial charge in [-0.2, -0.15) is 0 Å². The highest BCUT2D eigenvalue weighted by Crippen LogP contribution is 2.24. The predicted molar refractivity (Wildman–Crippen MR) is 88.4 cm³/mol. The predicted octanol–water partition coefficient (Wildman–Crippen LogP) is 3.36. The van der Waals surface area contributed by atoms with Crippen molar-refractivity contribution in [3.05, 3.63) is 63.5 Å². The second-order valence-electron chi connectivity index (χ2n) is 4.56. The normalized spacial score (nSPS) is 10.8. The van der Waals surface area contributed by atoms with E-state index in [-0.39, 0.29) is 11.7 Å². The zero-order valence-electron chi connectivity index (χ0n) is 12.1. The maximum atomic E-state index is 11.8. The first-order chi connectivity index (χ1) is 11.6. The number of benzene rings is 1. The van der Waals surface area contributed by atoms with E-state index in [1.807, 2.05) is 17.5 Å². The molecule has 0 spiro atoms. The van der Waals surface area contributed by atoms with Crippen molar-refractivity contribution in [2.75, 3.05) is 5.32 Å². The lowest BCUT2D eigenvalue weighted by molar-refractivity contribution is -0.384. The summed E-state index contributed by atoms with van der Waals surface area (Å²) in [5, 5.41) is 22.6. The van der Waals surface area contributed by atoms with Gasteiger partial charge in [0.25, 0.3) is 17.5 Å². The van der Waals surface area contributed by atoms with Gasteiger partial charge in [0.05, 0.1) is 9.80 Å². The lowest BCUT2D eigenvalue weighted by atomic mass is 10.2. The smallest absolute Gasteiger partial charge is 0.322 e. The summed E-state index contributed by atoms with van der Waals surface area (Å²) < 4.78 is 5.33. The van der Waals surface area contributed by atoms with Crippen LogP contribution >= 0.6 is 11.3 Å². The van der Waals surface area contributed by atoms with Gasteiger partial charge in [0, 0.05) is 18.2 Å². The van der Waals surface area contributed by atoms with Crippen molar-refractivity contribution in [2.45, 2.75) is 0 Å². The van der Waals surface area contributed by atoms with Crippen LogP contribution in [0.5, 0.6) is 0 Å². The Bertz CT molecular complexity index is 902. The zero-order valence-corrected chi connectivity index (χ0v) is 12.9. The zero-order chi connectivity index (χ0) is 16.9. The third-order valence-electron chi connectivity index (χ3n) is 2.90. The molecule has 0 fully saturated rings. The molecular formula is C15H10N4O4S. The summed E-state index contributed by atoms with van der Waals surface area (Å²) in [6, 6.07) is 9.59. The van der Waals surface area contributed by atoms with Crippen molar-refractivity contribution in [2.24, 2.45) is 0 Å². The number of nitro groups is 1. The second kappa shape index (κ2) is 6.84. The van der Waals surface area contributed by atoms with Gasteiger partial charge in [-0.1, -0.05) is 23.3 Å². The molecule has 0 aliphatic rings. The molecule has 8 nitrogen and oxygen atoms in total. The van der Waals surface area contributed by atoms with Crippen LogP contribution in [0.1, 0.15) is 5.56 Å². The highest BCUT2D eigenvalue weighted by molar-refractivity contribution is 7.13. The first-order valence-electron chi connectivity index (χ1n) is 6.73. The molecule has 120 valence electrons. The Morgan fingerprint density at radius 3 is 2.92 bits per heavy atom. The number of anilines is 1. The average Bonchev–Trinajstić information content (AvgIpc) is 3.24. The second-order valence-corrected chi connectivity index (χ2v) is 5.51. The minimum Gasteiger partial charge on any atom is -0.402 e. The first-order valence-corrected chi connectivity index (χ1v) is 7.61. The molecule has 1 amide bonds. The highest BCUT2D eigenvalue weighted by atomic mass is 32.1. The van der Waals surface area contributed by atoms with Crippen LogP contribution < -0.4 is 5.32 Å². The number of amides is 1.